The highest BCUT2D eigenvalue weighted by Crippen LogP contribution is 2.22. The molecule has 2 N–H and O–H groups in total. The van der Waals surface area contributed by atoms with Crippen LogP contribution in [0.5, 0.6) is 0 Å². The molecule has 1 atom stereocenters. The first kappa shape index (κ1) is 14.0. The second kappa shape index (κ2) is 5.84. The summed E-state index contributed by atoms with van der Waals surface area (Å²) in [6.45, 7) is 3.05. The highest BCUT2D eigenvalue weighted by Gasteiger charge is 2.33. The molecule has 1 saturated heterocycles. The van der Waals surface area contributed by atoms with Crippen LogP contribution in [0.4, 0.5) is 0 Å². The fourth-order valence-corrected chi connectivity index (χ4v) is 2.73. The van der Waals surface area contributed by atoms with Gasteiger partial charge in [-0.25, -0.2) is 0 Å². The van der Waals surface area contributed by atoms with Crippen LogP contribution in [-0.4, -0.2) is 42.5 Å². The van der Waals surface area contributed by atoms with Crippen LogP contribution in [0.15, 0.2) is 54.3 Å². The van der Waals surface area contributed by atoms with Crippen molar-refractivity contribution in [2.24, 2.45) is 5.73 Å². The summed E-state index contributed by atoms with van der Waals surface area (Å²) < 4.78 is 5.33. The van der Waals surface area contributed by atoms with Crippen LogP contribution in [0.2, 0.25) is 0 Å². The Morgan fingerprint density at radius 1 is 1.19 bits per heavy atom. The van der Waals surface area contributed by atoms with Gasteiger partial charge in [0.15, 0.2) is 5.78 Å². The molecule has 21 heavy (non-hydrogen) atoms. The number of hydrogen-bond donors (Lipinski definition) is 1. The molecule has 1 aliphatic heterocycles. The normalized spacial score (nSPS) is 25.9. The average Bonchev–Trinajstić information content (AvgIpc) is 2.52. The summed E-state index contributed by atoms with van der Waals surface area (Å²) in [7, 11) is 0. The number of hydrogen-bond acceptors (Lipinski definition) is 4. The summed E-state index contributed by atoms with van der Waals surface area (Å²) in [6, 6.07) is 9.88. The van der Waals surface area contributed by atoms with Crippen molar-refractivity contribution in [1.82, 2.24) is 4.90 Å². The molecule has 3 rings (SSSR count). The van der Waals surface area contributed by atoms with Crippen LogP contribution in [0.25, 0.3) is 0 Å². The molecule has 2 aliphatic rings. The van der Waals surface area contributed by atoms with E-state index in [-0.39, 0.29) is 5.78 Å². The summed E-state index contributed by atoms with van der Waals surface area (Å²) in [5.41, 5.74) is 7.38. The minimum Gasteiger partial charge on any atom is -0.378 e. The average molecular weight is 284 g/mol. The maximum Gasteiger partial charge on any atom is 0.181 e. The third-order valence-electron chi connectivity index (χ3n) is 4.00. The van der Waals surface area contributed by atoms with Gasteiger partial charge >= 0.3 is 0 Å². The molecule has 0 radical (unpaired) electrons. The van der Waals surface area contributed by atoms with E-state index in [4.69, 9.17) is 10.5 Å². The van der Waals surface area contributed by atoms with Crippen molar-refractivity contribution in [3.05, 3.63) is 59.8 Å². The summed E-state index contributed by atoms with van der Waals surface area (Å²) in [4.78, 5) is 14.6. The number of carbonyl (C=O) groups excluding carboxylic acids is 1. The molecule has 0 saturated carbocycles. The molecule has 1 aliphatic carbocycles. The van der Waals surface area contributed by atoms with E-state index in [1.165, 1.54) is 0 Å². The second-order valence-electron chi connectivity index (χ2n) is 5.57. The lowest BCUT2D eigenvalue weighted by molar-refractivity contribution is -0.118. The number of ether oxygens (including phenoxy) is 1. The van der Waals surface area contributed by atoms with Gasteiger partial charge in [-0.3, -0.25) is 4.79 Å². The number of morpholine rings is 1. The zero-order valence-electron chi connectivity index (χ0n) is 12.0. The van der Waals surface area contributed by atoms with E-state index in [0.29, 0.717) is 19.6 Å². The quantitative estimate of drug-likeness (QED) is 0.908. The maximum atomic E-state index is 12.5. The molecular formula is C17H20N2O2. The third-order valence-corrected chi connectivity index (χ3v) is 4.00. The van der Waals surface area contributed by atoms with Crippen molar-refractivity contribution in [3.8, 4) is 0 Å². The SMILES string of the molecule is N[C@@]1(Cc2ccccc2)C=CC(N2CCOCC2)=CC1=O. The van der Waals surface area contributed by atoms with Crippen LogP contribution in [0.1, 0.15) is 5.56 Å². The lowest BCUT2D eigenvalue weighted by Crippen LogP contribution is -2.49. The number of rotatable bonds is 3. The van der Waals surface area contributed by atoms with E-state index in [1.54, 1.807) is 6.08 Å². The van der Waals surface area contributed by atoms with E-state index in [1.807, 2.05) is 42.5 Å². The minimum absolute atomic E-state index is 0.0321. The van der Waals surface area contributed by atoms with Gasteiger partial charge in [-0.2, -0.15) is 0 Å². The molecule has 1 aromatic rings. The van der Waals surface area contributed by atoms with Crippen LogP contribution < -0.4 is 5.73 Å². The molecular weight excluding hydrogens is 264 g/mol. The van der Waals surface area contributed by atoms with E-state index in [2.05, 4.69) is 4.90 Å². The number of carbonyl (C=O) groups is 1. The minimum atomic E-state index is -0.933. The smallest absolute Gasteiger partial charge is 0.181 e. The Morgan fingerprint density at radius 3 is 2.57 bits per heavy atom. The van der Waals surface area contributed by atoms with Gasteiger partial charge in [0.2, 0.25) is 0 Å². The molecule has 1 fully saturated rings. The fourth-order valence-electron chi connectivity index (χ4n) is 2.73. The molecule has 0 unspecified atom stereocenters. The number of ketones is 1. The molecule has 0 amide bonds. The predicted molar refractivity (Wildman–Crippen MR) is 81.7 cm³/mol. The Morgan fingerprint density at radius 2 is 1.90 bits per heavy atom. The summed E-state index contributed by atoms with van der Waals surface area (Å²) in [5.74, 6) is -0.0321. The van der Waals surface area contributed by atoms with Crippen LogP contribution in [0, 0.1) is 0 Å². The predicted octanol–water partition coefficient (Wildman–Crippen LogP) is 1.28. The van der Waals surface area contributed by atoms with Gasteiger partial charge in [0.05, 0.1) is 13.2 Å². The van der Waals surface area contributed by atoms with E-state index in [0.717, 1.165) is 24.4 Å². The molecule has 4 heteroatoms. The van der Waals surface area contributed by atoms with Gasteiger partial charge in [0.1, 0.15) is 5.54 Å². The maximum absolute atomic E-state index is 12.5. The molecule has 1 heterocycles. The lowest BCUT2D eigenvalue weighted by Gasteiger charge is -2.33. The highest BCUT2D eigenvalue weighted by molar-refractivity contribution is 6.01. The van der Waals surface area contributed by atoms with Crippen molar-refractivity contribution in [2.75, 3.05) is 26.3 Å². The first-order valence-electron chi connectivity index (χ1n) is 7.28. The van der Waals surface area contributed by atoms with Crippen molar-refractivity contribution < 1.29 is 9.53 Å². The van der Waals surface area contributed by atoms with Gasteiger partial charge in [-0.05, 0) is 11.6 Å². The van der Waals surface area contributed by atoms with Gasteiger partial charge < -0.3 is 15.4 Å². The van der Waals surface area contributed by atoms with Crippen molar-refractivity contribution in [3.63, 3.8) is 0 Å². The van der Waals surface area contributed by atoms with E-state index < -0.39 is 5.54 Å². The molecule has 1 aromatic carbocycles. The molecule has 4 nitrogen and oxygen atoms in total. The molecule has 110 valence electrons. The first-order chi connectivity index (χ1) is 10.2. The number of benzene rings is 1. The van der Waals surface area contributed by atoms with Crippen LogP contribution in [-0.2, 0) is 16.0 Å². The number of nitrogens with two attached hydrogens (primary N) is 1. The summed E-state index contributed by atoms with van der Waals surface area (Å²) >= 11 is 0. The third kappa shape index (κ3) is 3.06. The first-order valence-corrected chi connectivity index (χ1v) is 7.28. The Bertz CT molecular complexity index is 574. The van der Waals surface area contributed by atoms with Crippen molar-refractivity contribution in [2.45, 2.75) is 12.0 Å². The topological polar surface area (TPSA) is 55.6 Å². The van der Waals surface area contributed by atoms with Gasteiger partial charge in [0, 0.05) is 31.3 Å². The second-order valence-corrected chi connectivity index (χ2v) is 5.57. The Hall–Kier alpha value is -1.91. The van der Waals surface area contributed by atoms with E-state index >= 15 is 0 Å². The Kier molecular flexibility index (Phi) is 3.90. The Labute approximate surface area is 124 Å². The number of allylic oxidation sites excluding steroid dienone is 1. The standard InChI is InChI=1S/C17H20N2O2/c18-17(13-14-4-2-1-3-5-14)7-6-15(12-16(17)20)19-8-10-21-11-9-19/h1-7,12H,8-11,13,18H2/t17-/m1/s1. The van der Waals surface area contributed by atoms with Crippen LogP contribution >= 0.6 is 0 Å². The zero-order valence-corrected chi connectivity index (χ0v) is 12.0. The molecule has 0 spiro atoms. The highest BCUT2D eigenvalue weighted by atomic mass is 16.5. The van der Waals surface area contributed by atoms with Gasteiger partial charge in [0.25, 0.3) is 0 Å². The van der Waals surface area contributed by atoms with Crippen molar-refractivity contribution >= 4 is 5.78 Å². The zero-order chi connectivity index (χ0) is 14.7. The largest absolute Gasteiger partial charge is 0.378 e. The fraction of sp³-hybridized carbons (Fsp3) is 0.353. The van der Waals surface area contributed by atoms with Gasteiger partial charge in [-0.1, -0.05) is 36.4 Å². The van der Waals surface area contributed by atoms with Gasteiger partial charge in [-0.15, -0.1) is 0 Å². The number of nitrogens with zero attached hydrogens (tertiary/aromatic N) is 1. The lowest BCUT2D eigenvalue weighted by atomic mass is 9.84. The van der Waals surface area contributed by atoms with E-state index in [9.17, 15) is 4.79 Å². The van der Waals surface area contributed by atoms with Crippen molar-refractivity contribution in [1.29, 1.82) is 0 Å². The molecule has 0 bridgehead atoms. The summed E-state index contributed by atoms with van der Waals surface area (Å²) in [6.07, 6.45) is 6.01. The Balaban J connectivity index is 1.74. The monoisotopic (exact) mass is 284 g/mol. The van der Waals surface area contributed by atoms with Crippen LogP contribution in [0.3, 0.4) is 0 Å². The summed E-state index contributed by atoms with van der Waals surface area (Å²) in [5, 5.41) is 0. The molecule has 0 aromatic heterocycles.